The van der Waals surface area contributed by atoms with Gasteiger partial charge in [0, 0.05) is 32.7 Å². The molecule has 0 bridgehead atoms. The van der Waals surface area contributed by atoms with Gasteiger partial charge in [0.2, 0.25) is 0 Å². The number of morpholine rings is 1. The number of allylic oxidation sites excluding steroid dienone is 2. The maximum absolute atomic E-state index is 13.1. The monoisotopic (exact) mass is 362 g/mol. The number of ether oxygens (including phenoxy) is 1. The lowest BCUT2D eigenvalue weighted by Gasteiger charge is -2.32. The Hall–Kier alpha value is -1.36. The minimum absolute atomic E-state index is 0.0495. The average molecular weight is 363 g/mol. The van der Waals surface area contributed by atoms with Gasteiger partial charge in [0.1, 0.15) is 0 Å². The van der Waals surface area contributed by atoms with E-state index >= 15 is 0 Å². The third kappa shape index (κ3) is 5.30. The summed E-state index contributed by atoms with van der Waals surface area (Å²) in [6.45, 7) is 5.89. The Morgan fingerprint density at radius 2 is 2.04 bits per heavy atom. The van der Waals surface area contributed by atoms with Crippen molar-refractivity contribution in [3.05, 3.63) is 47.0 Å². The summed E-state index contributed by atoms with van der Waals surface area (Å²) in [5, 5.41) is 0.535. The molecular weight excluding hydrogens is 336 g/mol. The summed E-state index contributed by atoms with van der Waals surface area (Å²) < 4.78 is 5.41. The highest BCUT2D eigenvalue weighted by molar-refractivity contribution is 6.33. The van der Waals surface area contributed by atoms with E-state index in [0.717, 1.165) is 65.2 Å². The molecule has 5 heteroatoms. The number of hydrogen-bond donors (Lipinski definition) is 0. The van der Waals surface area contributed by atoms with Gasteiger partial charge < -0.3 is 9.64 Å². The molecule has 0 aromatic heterocycles. The van der Waals surface area contributed by atoms with Crippen molar-refractivity contribution in [2.24, 2.45) is 5.92 Å². The molecule has 4 nitrogen and oxygen atoms in total. The van der Waals surface area contributed by atoms with Crippen molar-refractivity contribution in [2.45, 2.75) is 19.3 Å². The maximum atomic E-state index is 13.1. The molecule has 1 aromatic rings. The number of amides is 1. The van der Waals surface area contributed by atoms with Crippen LogP contribution in [0.15, 0.2) is 36.4 Å². The van der Waals surface area contributed by atoms with E-state index in [1.165, 1.54) is 0 Å². The van der Waals surface area contributed by atoms with Crippen molar-refractivity contribution in [1.29, 1.82) is 0 Å². The van der Waals surface area contributed by atoms with E-state index in [4.69, 9.17) is 16.3 Å². The van der Waals surface area contributed by atoms with Crippen LogP contribution in [0, 0.1) is 5.92 Å². The summed E-state index contributed by atoms with van der Waals surface area (Å²) in [4.78, 5) is 17.5. The second kappa shape index (κ2) is 9.37. The van der Waals surface area contributed by atoms with Crippen LogP contribution in [-0.2, 0) is 4.74 Å². The Morgan fingerprint density at radius 1 is 1.24 bits per heavy atom. The largest absolute Gasteiger partial charge is 0.379 e. The minimum atomic E-state index is 0.0495. The third-order valence-corrected chi connectivity index (χ3v) is 5.37. The average Bonchev–Trinajstić information content (AvgIpc) is 2.66. The zero-order valence-corrected chi connectivity index (χ0v) is 15.5. The number of rotatable bonds is 6. The fourth-order valence-electron chi connectivity index (χ4n) is 3.50. The molecule has 1 aliphatic heterocycles. The van der Waals surface area contributed by atoms with E-state index < -0.39 is 0 Å². The molecule has 0 saturated carbocycles. The van der Waals surface area contributed by atoms with Gasteiger partial charge in [-0.15, -0.1) is 0 Å². The van der Waals surface area contributed by atoms with Gasteiger partial charge in [-0.3, -0.25) is 9.69 Å². The van der Waals surface area contributed by atoms with Gasteiger partial charge in [-0.25, -0.2) is 0 Å². The smallest absolute Gasteiger partial charge is 0.255 e. The molecule has 0 spiro atoms. The van der Waals surface area contributed by atoms with Crippen LogP contribution in [0.4, 0.5) is 0 Å². The molecular formula is C20H27ClN2O2. The van der Waals surface area contributed by atoms with Crippen LogP contribution in [0.2, 0.25) is 5.02 Å². The summed E-state index contributed by atoms with van der Waals surface area (Å²) in [6.07, 6.45) is 7.81. The van der Waals surface area contributed by atoms with Crippen molar-refractivity contribution in [3.63, 3.8) is 0 Å². The van der Waals surface area contributed by atoms with Gasteiger partial charge in [-0.2, -0.15) is 0 Å². The zero-order valence-electron chi connectivity index (χ0n) is 14.7. The molecule has 1 aromatic carbocycles. The van der Waals surface area contributed by atoms with Crippen LogP contribution in [0.25, 0.3) is 0 Å². The standard InChI is InChI=1S/C20H27ClN2O2/c21-19-9-5-4-8-18(19)20(24)23(16-17-6-2-1-3-7-17)11-10-22-12-14-25-15-13-22/h1-2,4-5,8-9,17H,3,6-7,10-16H2/t17-/m0/s1. The van der Waals surface area contributed by atoms with Crippen molar-refractivity contribution in [3.8, 4) is 0 Å². The zero-order chi connectivity index (χ0) is 17.5. The lowest BCUT2D eigenvalue weighted by atomic mass is 9.93. The van der Waals surface area contributed by atoms with Gasteiger partial charge in [0.05, 0.1) is 23.8 Å². The van der Waals surface area contributed by atoms with E-state index in [1.54, 1.807) is 6.07 Å². The Bertz CT molecular complexity index is 599. The van der Waals surface area contributed by atoms with Crippen LogP contribution >= 0.6 is 11.6 Å². The Kier molecular flexibility index (Phi) is 6.91. The lowest BCUT2D eigenvalue weighted by Crippen LogP contribution is -2.44. The van der Waals surface area contributed by atoms with Crippen molar-refractivity contribution in [1.82, 2.24) is 9.80 Å². The normalized spacial score (nSPS) is 21.2. The molecule has 0 radical (unpaired) electrons. The highest BCUT2D eigenvalue weighted by Crippen LogP contribution is 2.22. The molecule has 136 valence electrons. The van der Waals surface area contributed by atoms with Crippen LogP contribution in [0.5, 0.6) is 0 Å². The first-order valence-electron chi connectivity index (χ1n) is 9.23. The molecule has 1 saturated heterocycles. The fraction of sp³-hybridized carbons (Fsp3) is 0.550. The van der Waals surface area contributed by atoms with E-state index in [2.05, 4.69) is 17.1 Å². The Balaban J connectivity index is 1.67. The lowest BCUT2D eigenvalue weighted by molar-refractivity contribution is 0.0315. The van der Waals surface area contributed by atoms with Crippen molar-refractivity contribution in [2.75, 3.05) is 45.9 Å². The topological polar surface area (TPSA) is 32.8 Å². The van der Waals surface area contributed by atoms with Gasteiger partial charge in [0.25, 0.3) is 5.91 Å². The maximum Gasteiger partial charge on any atom is 0.255 e. The van der Waals surface area contributed by atoms with Crippen molar-refractivity contribution < 1.29 is 9.53 Å². The summed E-state index contributed by atoms with van der Waals surface area (Å²) in [5.74, 6) is 0.592. The Labute approximate surface area is 155 Å². The number of carbonyl (C=O) groups is 1. The summed E-state index contributed by atoms with van der Waals surface area (Å²) in [5.41, 5.74) is 0.609. The van der Waals surface area contributed by atoms with E-state index in [-0.39, 0.29) is 5.91 Å². The molecule has 0 N–H and O–H groups in total. The molecule has 1 heterocycles. The molecule has 25 heavy (non-hydrogen) atoms. The number of halogens is 1. The first-order chi connectivity index (χ1) is 12.2. The molecule has 1 atom stereocenters. The number of hydrogen-bond acceptors (Lipinski definition) is 3. The first-order valence-corrected chi connectivity index (χ1v) is 9.61. The number of benzene rings is 1. The summed E-state index contributed by atoms with van der Waals surface area (Å²) in [6, 6.07) is 7.36. The van der Waals surface area contributed by atoms with E-state index in [1.807, 2.05) is 23.1 Å². The minimum Gasteiger partial charge on any atom is -0.379 e. The molecule has 2 aliphatic rings. The summed E-state index contributed by atoms with van der Waals surface area (Å²) in [7, 11) is 0. The predicted octanol–water partition coefficient (Wildman–Crippen LogP) is 3.47. The molecule has 1 fully saturated rings. The van der Waals surface area contributed by atoms with Gasteiger partial charge in [-0.1, -0.05) is 35.9 Å². The van der Waals surface area contributed by atoms with Crippen molar-refractivity contribution >= 4 is 17.5 Å². The highest BCUT2D eigenvalue weighted by Gasteiger charge is 2.23. The first kappa shape index (κ1) is 18.4. The van der Waals surface area contributed by atoms with Gasteiger partial charge in [0.15, 0.2) is 0 Å². The third-order valence-electron chi connectivity index (χ3n) is 5.04. The molecule has 1 amide bonds. The fourth-order valence-corrected chi connectivity index (χ4v) is 3.72. The van der Waals surface area contributed by atoms with E-state index in [9.17, 15) is 4.79 Å². The van der Waals surface area contributed by atoms with Crippen LogP contribution in [0.3, 0.4) is 0 Å². The van der Waals surface area contributed by atoms with Crippen LogP contribution < -0.4 is 0 Å². The SMILES string of the molecule is O=C(c1ccccc1Cl)N(CCN1CCOCC1)C[C@H]1CC=CCC1. The second-order valence-corrected chi connectivity index (χ2v) is 7.24. The summed E-state index contributed by atoms with van der Waals surface area (Å²) >= 11 is 6.27. The quantitative estimate of drug-likeness (QED) is 0.726. The highest BCUT2D eigenvalue weighted by atomic mass is 35.5. The van der Waals surface area contributed by atoms with Gasteiger partial charge in [-0.05, 0) is 37.3 Å². The van der Waals surface area contributed by atoms with Gasteiger partial charge >= 0.3 is 0 Å². The number of nitrogens with zero attached hydrogens (tertiary/aromatic N) is 2. The molecule has 1 aliphatic carbocycles. The predicted molar refractivity (Wildman–Crippen MR) is 101 cm³/mol. The molecule has 0 unspecified atom stereocenters. The Morgan fingerprint density at radius 3 is 2.76 bits per heavy atom. The second-order valence-electron chi connectivity index (χ2n) is 6.84. The van der Waals surface area contributed by atoms with E-state index in [0.29, 0.717) is 16.5 Å². The number of carbonyl (C=O) groups excluding carboxylic acids is 1. The van der Waals surface area contributed by atoms with Crippen LogP contribution in [0.1, 0.15) is 29.6 Å². The van der Waals surface area contributed by atoms with Crippen LogP contribution in [-0.4, -0.2) is 61.6 Å². The molecule has 3 rings (SSSR count).